The number of nitrogens with one attached hydrogen (secondary N) is 1. The van der Waals surface area contributed by atoms with Crippen LogP contribution >= 0.6 is 11.6 Å². The van der Waals surface area contributed by atoms with E-state index in [0.717, 1.165) is 5.69 Å². The molecule has 0 amide bonds. The zero-order valence-electron chi connectivity index (χ0n) is 7.51. The molecule has 0 aliphatic rings. The summed E-state index contributed by atoms with van der Waals surface area (Å²) in [6.07, 6.45) is 0. The molecule has 0 fully saturated rings. The molecule has 2 nitrogen and oxygen atoms in total. The van der Waals surface area contributed by atoms with Gasteiger partial charge in [-0.05, 0) is 31.2 Å². The van der Waals surface area contributed by atoms with Crippen molar-refractivity contribution in [3.63, 3.8) is 0 Å². The van der Waals surface area contributed by atoms with Gasteiger partial charge in [-0.15, -0.1) is 0 Å². The second kappa shape index (κ2) is 3.42. The SMILES string of the molecule is Cc1cc(-c2ccc(Cl)cc2F)n[nH]1. The Morgan fingerprint density at radius 1 is 1.36 bits per heavy atom. The molecule has 1 aromatic carbocycles. The van der Waals surface area contributed by atoms with Crippen molar-refractivity contribution in [2.75, 3.05) is 0 Å². The van der Waals surface area contributed by atoms with Crippen molar-refractivity contribution in [3.05, 3.63) is 40.8 Å². The van der Waals surface area contributed by atoms with Gasteiger partial charge in [-0.1, -0.05) is 11.6 Å². The first-order valence-corrected chi connectivity index (χ1v) is 4.52. The summed E-state index contributed by atoms with van der Waals surface area (Å²) in [5.74, 6) is -0.357. The van der Waals surface area contributed by atoms with Crippen molar-refractivity contribution >= 4 is 11.6 Å². The molecular formula is C10H8ClFN2. The third-order valence-corrected chi connectivity index (χ3v) is 2.15. The first-order valence-electron chi connectivity index (χ1n) is 4.14. The summed E-state index contributed by atoms with van der Waals surface area (Å²) >= 11 is 5.64. The number of aromatic amines is 1. The number of halogens is 2. The fraction of sp³-hybridized carbons (Fsp3) is 0.100. The van der Waals surface area contributed by atoms with E-state index < -0.39 is 0 Å². The van der Waals surface area contributed by atoms with Gasteiger partial charge in [0.05, 0.1) is 5.69 Å². The molecule has 1 aromatic heterocycles. The molecule has 0 unspecified atom stereocenters. The molecule has 0 radical (unpaired) electrons. The molecule has 0 atom stereocenters. The second-order valence-electron chi connectivity index (χ2n) is 3.06. The fourth-order valence-electron chi connectivity index (χ4n) is 1.25. The highest BCUT2D eigenvalue weighted by atomic mass is 35.5. The summed E-state index contributed by atoms with van der Waals surface area (Å²) < 4.78 is 13.4. The Balaban J connectivity index is 2.52. The van der Waals surface area contributed by atoms with Crippen molar-refractivity contribution in [3.8, 4) is 11.3 Å². The Hall–Kier alpha value is -1.35. The summed E-state index contributed by atoms with van der Waals surface area (Å²) in [4.78, 5) is 0. The van der Waals surface area contributed by atoms with Gasteiger partial charge in [0.25, 0.3) is 0 Å². The minimum Gasteiger partial charge on any atom is -0.282 e. The number of aryl methyl sites for hydroxylation is 1. The van der Waals surface area contributed by atoms with E-state index in [1.807, 2.05) is 6.92 Å². The van der Waals surface area contributed by atoms with Gasteiger partial charge < -0.3 is 0 Å². The van der Waals surface area contributed by atoms with E-state index in [-0.39, 0.29) is 5.82 Å². The molecular weight excluding hydrogens is 203 g/mol. The number of H-pyrrole nitrogens is 1. The van der Waals surface area contributed by atoms with Crippen LogP contribution in [0.1, 0.15) is 5.69 Å². The smallest absolute Gasteiger partial charge is 0.134 e. The van der Waals surface area contributed by atoms with Gasteiger partial charge in [-0.25, -0.2) is 4.39 Å². The first-order chi connectivity index (χ1) is 6.66. The highest BCUT2D eigenvalue weighted by Crippen LogP contribution is 2.23. The van der Waals surface area contributed by atoms with Crippen LogP contribution in [-0.2, 0) is 0 Å². The molecule has 14 heavy (non-hydrogen) atoms. The molecule has 1 heterocycles. The van der Waals surface area contributed by atoms with E-state index in [2.05, 4.69) is 10.2 Å². The van der Waals surface area contributed by atoms with Gasteiger partial charge in [-0.3, -0.25) is 5.10 Å². The summed E-state index contributed by atoms with van der Waals surface area (Å²) in [6.45, 7) is 1.87. The molecule has 0 saturated heterocycles. The lowest BCUT2D eigenvalue weighted by molar-refractivity contribution is 0.630. The van der Waals surface area contributed by atoms with Gasteiger partial charge in [0, 0.05) is 16.3 Å². The van der Waals surface area contributed by atoms with Gasteiger partial charge in [0.1, 0.15) is 5.82 Å². The molecule has 0 saturated carbocycles. The van der Waals surface area contributed by atoms with Crippen molar-refractivity contribution < 1.29 is 4.39 Å². The zero-order valence-corrected chi connectivity index (χ0v) is 8.27. The van der Waals surface area contributed by atoms with E-state index in [4.69, 9.17) is 11.6 Å². The number of hydrogen-bond acceptors (Lipinski definition) is 1. The minimum absolute atomic E-state index is 0.357. The summed E-state index contributed by atoms with van der Waals surface area (Å²) in [6, 6.07) is 6.32. The number of aromatic nitrogens is 2. The van der Waals surface area contributed by atoms with Crippen molar-refractivity contribution in [2.45, 2.75) is 6.92 Å². The van der Waals surface area contributed by atoms with Gasteiger partial charge in [-0.2, -0.15) is 5.10 Å². The van der Waals surface area contributed by atoms with Crippen molar-refractivity contribution in [2.24, 2.45) is 0 Å². The zero-order chi connectivity index (χ0) is 10.1. The lowest BCUT2D eigenvalue weighted by Gasteiger charge is -1.98. The Bertz CT molecular complexity index is 465. The summed E-state index contributed by atoms with van der Waals surface area (Å²) in [5.41, 5.74) is 1.95. The standard InChI is InChI=1S/C10H8ClFN2/c1-6-4-10(14-13-6)8-3-2-7(11)5-9(8)12/h2-5H,1H3,(H,13,14). The molecule has 0 aliphatic heterocycles. The van der Waals surface area contributed by atoms with Crippen molar-refractivity contribution in [1.82, 2.24) is 10.2 Å². The van der Waals surface area contributed by atoms with Crippen LogP contribution in [0.5, 0.6) is 0 Å². The van der Waals surface area contributed by atoms with Crippen LogP contribution in [0, 0.1) is 12.7 Å². The van der Waals surface area contributed by atoms with E-state index in [0.29, 0.717) is 16.3 Å². The highest BCUT2D eigenvalue weighted by molar-refractivity contribution is 6.30. The number of nitrogens with zero attached hydrogens (tertiary/aromatic N) is 1. The number of benzene rings is 1. The van der Waals surface area contributed by atoms with E-state index in [1.165, 1.54) is 6.07 Å². The van der Waals surface area contributed by atoms with Crippen LogP contribution in [0.4, 0.5) is 4.39 Å². The Kier molecular flexibility index (Phi) is 2.25. The quantitative estimate of drug-likeness (QED) is 0.770. The largest absolute Gasteiger partial charge is 0.282 e. The molecule has 2 aromatic rings. The van der Waals surface area contributed by atoms with E-state index >= 15 is 0 Å². The predicted octanol–water partition coefficient (Wildman–Crippen LogP) is 3.18. The maximum Gasteiger partial charge on any atom is 0.134 e. The summed E-state index contributed by atoms with van der Waals surface area (Å²) in [5, 5.41) is 7.12. The van der Waals surface area contributed by atoms with Crippen molar-refractivity contribution in [1.29, 1.82) is 0 Å². The van der Waals surface area contributed by atoms with Gasteiger partial charge >= 0.3 is 0 Å². The van der Waals surface area contributed by atoms with E-state index in [9.17, 15) is 4.39 Å². The molecule has 2 rings (SSSR count). The van der Waals surface area contributed by atoms with Crippen LogP contribution in [0.3, 0.4) is 0 Å². The molecule has 72 valence electrons. The van der Waals surface area contributed by atoms with Gasteiger partial charge in [0.15, 0.2) is 0 Å². The van der Waals surface area contributed by atoms with Gasteiger partial charge in [0.2, 0.25) is 0 Å². The predicted molar refractivity (Wildman–Crippen MR) is 53.7 cm³/mol. The number of hydrogen-bond donors (Lipinski definition) is 1. The Labute approximate surface area is 85.7 Å². The minimum atomic E-state index is -0.357. The maximum absolute atomic E-state index is 13.4. The van der Waals surface area contributed by atoms with Crippen LogP contribution in [0.15, 0.2) is 24.3 Å². The molecule has 0 aliphatic carbocycles. The van der Waals surface area contributed by atoms with Crippen LogP contribution in [0.25, 0.3) is 11.3 Å². The lowest BCUT2D eigenvalue weighted by atomic mass is 10.1. The second-order valence-corrected chi connectivity index (χ2v) is 3.50. The third kappa shape index (κ3) is 1.63. The Morgan fingerprint density at radius 2 is 2.14 bits per heavy atom. The topological polar surface area (TPSA) is 28.7 Å². The monoisotopic (exact) mass is 210 g/mol. The Morgan fingerprint density at radius 3 is 2.71 bits per heavy atom. The van der Waals surface area contributed by atoms with Crippen LogP contribution < -0.4 is 0 Å². The molecule has 0 spiro atoms. The van der Waals surface area contributed by atoms with E-state index in [1.54, 1.807) is 18.2 Å². The average Bonchev–Trinajstić information content (AvgIpc) is 2.51. The number of rotatable bonds is 1. The molecule has 0 bridgehead atoms. The summed E-state index contributed by atoms with van der Waals surface area (Å²) in [7, 11) is 0. The van der Waals surface area contributed by atoms with Crippen LogP contribution in [-0.4, -0.2) is 10.2 Å². The fourth-order valence-corrected chi connectivity index (χ4v) is 1.41. The lowest BCUT2D eigenvalue weighted by Crippen LogP contribution is -1.84. The maximum atomic E-state index is 13.4. The molecule has 4 heteroatoms. The average molecular weight is 211 g/mol. The third-order valence-electron chi connectivity index (χ3n) is 1.91. The highest BCUT2D eigenvalue weighted by Gasteiger charge is 2.07. The molecule has 1 N–H and O–H groups in total. The van der Waals surface area contributed by atoms with Crippen LogP contribution in [0.2, 0.25) is 5.02 Å². The first kappa shape index (κ1) is 9.21. The normalized spacial score (nSPS) is 10.5.